The van der Waals surface area contributed by atoms with Crippen molar-refractivity contribution in [3.63, 3.8) is 0 Å². The summed E-state index contributed by atoms with van der Waals surface area (Å²) in [5.74, 6) is 5.79. The molecule has 1 atom stereocenters. The van der Waals surface area contributed by atoms with E-state index < -0.39 is 0 Å². The van der Waals surface area contributed by atoms with Crippen LogP contribution in [0.3, 0.4) is 0 Å². The Morgan fingerprint density at radius 1 is 1.70 bits per heavy atom. The van der Waals surface area contributed by atoms with Crippen molar-refractivity contribution < 1.29 is 0 Å². The predicted octanol–water partition coefficient (Wildman–Crippen LogP) is 1.45. The number of hydrogen-bond acceptors (Lipinski definition) is 1. The van der Waals surface area contributed by atoms with E-state index in [-0.39, 0.29) is 0 Å². The molecule has 1 nitrogen and oxygen atoms in total. The third kappa shape index (κ3) is 1.89. The molecule has 1 unspecified atom stereocenters. The normalized spacial score (nSPS) is 28.2. The van der Waals surface area contributed by atoms with Gasteiger partial charge in [0.05, 0.1) is 0 Å². The Balaban J connectivity index is 2.49. The maximum absolute atomic E-state index is 5.71. The van der Waals surface area contributed by atoms with Crippen LogP contribution in [0.2, 0.25) is 0 Å². The lowest BCUT2D eigenvalue weighted by atomic mass is 10.2. The van der Waals surface area contributed by atoms with E-state index in [1.165, 1.54) is 5.57 Å². The van der Waals surface area contributed by atoms with Gasteiger partial charge in [-0.3, -0.25) is 0 Å². The van der Waals surface area contributed by atoms with Crippen LogP contribution in [0.5, 0.6) is 0 Å². The molecule has 1 saturated carbocycles. The van der Waals surface area contributed by atoms with Crippen molar-refractivity contribution in [3.05, 3.63) is 11.6 Å². The molecule has 0 radical (unpaired) electrons. The van der Waals surface area contributed by atoms with Crippen LogP contribution in [0, 0.1) is 11.8 Å². The fraction of sp³-hybridized carbons (Fsp3) is 0.556. The van der Waals surface area contributed by atoms with Gasteiger partial charge < -0.3 is 5.73 Å². The van der Waals surface area contributed by atoms with Gasteiger partial charge in [-0.15, -0.1) is 5.92 Å². The molecule has 0 bridgehead atoms. The van der Waals surface area contributed by atoms with Gasteiger partial charge >= 0.3 is 0 Å². The highest BCUT2D eigenvalue weighted by Crippen LogP contribution is 2.22. The van der Waals surface area contributed by atoms with Crippen molar-refractivity contribution in [2.24, 2.45) is 5.73 Å². The Bertz CT molecular complexity index is 193. The van der Waals surface area contributed by atoms with Crippen molar-refractivity contribution in [1.29, 1.82) is 0 Å². The average Bonchev–Trinajstić information content (AvgIpc) is 2.31. The summed E-state index contributed by atoms with van der Waals surface area (Å²) in [6.07, 6.45) is 5.34. The summed E-state index contributed by atoms with van der Waals surface area (Å²) in [5, 5.41) is 0. The predicted molar refractivity (Wildman–Crippen MR) is 43.4 cm³/mol. The summed E-state index contributed by atoms with van der Waals surface area (Å²) in [7, 11) is 0. The van der Waals surface area contributed by atoms with E-state index in [1.807, 2.05) is 13.0 Å². The summed E-state index contributed by atoms with van der Waals surface area (Å²) in [5.41, 5.74) is 7.13. The quantitative estimate of drug-likeness (QED) is 0.500. The average molecular weight is 135 g/mol. The first-order chi connectivity index (χ1) is 4.83. The molecule has 1 aliphatic rings. The zero-order valence-corrected chi connectivity index (χ0v) is 6.35. The molecule has 1 aliphatic carbocycles. The highest BCUT2D eigenvalue weighted by atomic mass is 14.6. The highest BCUT2D eigenvalue weighted by Gasteiger charge is 2.13. The number of rotatable bonds is 0. The monoisotopic (exact) mass is 135 g/mol. The molecule has 0 aromatic heterocycles. The Morgan fingerprint density at radius 3 is 3.00 bits per heavy atom. The molecule has 0 aromatic carbocycles. The molecule has 1 rings (SSSR count). The van der Waals surface area contributed by atoms with Crippen LogP contribution in [0.15, 0.2) is 11.6 Å². The maximum atomic E-state index is 5.71. The van der Waals surface area contributed by atoms with Crippen LogP contribution in [0.4, 0.5) is 0 Å². The van der Waals surface area contributed by atoms with E-state index >= 15 is 0 Å². The molecule has 2 N–H and O–H groups in total. The van der Waals surface area contributed by atoms with Gasteiger partial charge in [0.2, 0.25) is 0 Å². The van der Waals surface area contributed by atoms with Gasteiger partial charge in [0.1, 0.15) is 0 Å². The van der Waals surface area contributed by atoms with Crippen molar-refractivity contribution in [2.75, 3.05) is 0 Å². The fourth-order valence-corrected chi connectivity index (χ4v) is 1.22. The Morgan fingerprint density at radius 2 is 2.50 bits per heavy atom. The minimum atomic E-state index is 0.393. The van der Waals surface area contributed by atoms with E-state index in [4.69, 9.17) is 5.73 Å². The molecule has 0 heterocycles. The lowest BCUT2D eigenvalue weighted by molar-refractivity contribution is 0.711. The lowest BCUT2D eigenvalue weighted by Gasteiger charge is -1.94. The SMILES string of the molecule is CC#CC=C1CCC(N)C1. The molecular formula is C9H13N. The highest BCUT2D eigenvalue weighted by molar-refractivity contribution is 5.23. The minimum Gasteiger partial charge on any atom is -0.327 e. The van der Waals surface area contributed by atoms with E-state index in [9.17, 15) is 0 Å². The number of hydrogen-bond donors (Lipinski definition) is 1. The lowest BCUT2D eigenvalue weighted by Crippen LogP contribution is -2.13. The molecule has 0 aromatic rings. The standard InChI is InChI=1S/C9H13N/c1-2-3-4-8-5-6-9(10)7-8/h4,9H,5-7,10H2,1H3. The van der Waals surface area contributed by atoms with Crippen molar-refractivity contribution in [1.82, 2.24) is 0 Å². The van der Waals surface area contributed by atoms with E-state index in [1.54, 1.807) is 0 Å². The smallest absolute Gasteiger partial charge is 0.00794 e. The second-order valence-electron chi connectivity index (χ2n) is 2.70. The fourth-order valence-electron chi connectivity index (χ4n) is 1.22. The number of allylic oxidation sites excluding steroid dienone is 1. The van der Waals surface area contributed by atoms with Crippen molar-refractivity contribution in [3.8, 4) is 11.8 Å². The second kappa shape index (κ2) is 3.43. The van der Waals surface area contributed by atoms with Gasteiger partial charge in [-0.05, 0) is 32.3 Å². The first-order valence-electron chi connectivity index (χ1n) is 3.68. The molecule has 10 heavy (non-hydrogen) atoms. The zero-order valence-electron chi connectivity index (χ0n) is 6.35. The summed E-state index contributed by atoms with van der Waals surface area (Å²) in [4.78, 5) is 0. The van der Waals surface area contributed by atoms with Crippen LogP contribution in [-0.2, 0) is 0 Å². The second-order valence-corrected chi connectivity index (χ2v) is 2.70. The molecular weight excluding hydrogens is 122 g/mol. The Kier molecular flexibility index (Phi) is 2.53. The largest absolute Gasteiger partial charge is 0.327 e. The maximum Gasteiger partial charge on any atom is 0.00794 e. The van der Waals surface area contributed by atoms with Crippen LogP contribution in [0.25, 0.3) is 0 Å². The third-order valence-corrected chi connectivity index (χ3v) is 1.78. The van der Waals surface area contributed by atoms with E-state index in [0.29, 0.717) is 6.04 Å². The van der Waals surface area contributed by atoms with Crippen molar-refractivity contribution in [2.45, 2.75) is 32.2 Å². The molecule has 0 amide bonds. The van der Waals surface area contributed by atoms with Gasteiger partial charge in [0.25, 0.3) is 0 Å². The summed E-state index contributed by atoms with van der Waals surface area (Å²) < 4.78 is 0. The van der Waals surface area contributed by atoms with Crippen LogP contribution >= 0.6 is 0 Å². The summed E-state index contributed by atoms with van der Waals surface area (Å²) >= 11 is 0. The molecule has 0 spiro atoms. The van der Waals surface area contributed by atoms with Gasteiger partial charge in [0.15, 0.2) is 0 Å². The van der Waals surface area contributed by atoms with Gasteiger partial charge in [-0.2, -0.15) is 0 Å². The summed E-state index contributed by atoms with van der Waals surface area (Å²) in [6, 6.07) is 0.393. The Hall–Kier alpha value is -0.740. The molecule has 54 valence electrons. The summed E-state index contributed by atoms with van der Waals surface area (Å²) in [6.45, 7) is 1.85. The molecule has 0 saturated heterocycles. The van der Waals surface area contributed by atoms with Crippen LogP contribution in [0.1, 0.15) is 26.2 Å². The third-order valence-electron chi connectivity index (χ3n) is 1.78. The molecule has 1 fully saturated rings. The molecule has 0 aliphatic heterocycles. The van der Waals surface area contributed by atoms with Gasteiger partial charge in [-0.1, -0.05) is 11.5 Å². The molecule has 1 heteroatoms. The first kappa shape index (κ1) is 7.37. The van der Waals surface area contributed by atoms with E-state index in [2.05, 4.69) is 11.8 Å². The van der Waals surface area contributed by atoms with Crippen LogP contribution in [-0.4, -0.2) is 6.04 Å². The zero-order chi connectivity index (χ0) is 7.40. The van der Waals surface area contributed by atoms with Crippen LogP contribution < -0.4 is 5.73 Å². The van der Waals surface area contributed by atoms with Gasteiger partial charge in [0, 0.05) is 6.04 Å². The minimum absolute atomic E-state index is 0.393. The number of nitrogens with two attached hydrogens (primary N) is 1. The van der Waals surface area contributed by atoms with Crippen molar-refractivity contribution >= 4 is 0 Å². The van der Waals surface area contributed by atoms with Gasteiger partial charge in [-0.25, -0.2) is 0 Å². The topological polar surface area (TPSA) is 26.0 Å². The Labute approximate surface area is 62.3 Å². The van der Waals surface area contributed by atoms with E-state index in [0.717, 1.165) is 19.3 Å². The first-order valence-corrected chi connectivity index (χ1v) is 3.68.